The van der Waals surface area contributed by atoms with Crippen molar-refractivity contribution in [1.82, 2.24) is 0 Å². The molecule has 0 aliphatic carbocycles. The summed E-state index contributed by atoms with van der Waals surface area (Å²) in [6, 6.07) is 21.2. The van der Waals surface area contributed by atoms with Gasteiger partial charge in [0, 0.05) is 11.3 Å². The van der Waals surface area contributed by atoms with Crippen LogP contribution in [0.2, 0.25) is 10.0 Å². The summed E-state index contributed by atoms with van der Waals surface area (Å²) in [6.07, 6.45) is -3.87. The molecule has 3 aromatic carbocycles. The summed E-state index contributed by atoms with van der Waals surface area (Å²) in [5, 5.41) is 0.362. The van der Waals surface area contributed by atoms with Crippen molar-refractivity contribution in [3.05, 3.63) is 110 Å². The molecule has 10 heteroatoms. The van der Waals surface area contributed by atoms with Gasteiger partial charge >= 0.3 is 12.1 Å². The fourth-order valence-corrected chi connectivity index (χ4v) is 5.71. The van der Waals surface area contributed by atoms with Gasteiger partial charge in [-0.1, -0.05) is 71.7 Å². The fraction of sp³-hybridized carbons (Fsp3) is 0.250. The SMILES string of the molecule is CCOC(=O)C(CCc1ccccc1)Oc1ccc(CCC(=O)c2ccc(-c3ccc(C(F)(F)F)cc3)s2)c(Cl)c1Cl. The summed E-state index contributed by atoms with van der Waals surface area (Å²) >= 11 is 14.3. The number of ether oxygens (including phenoxy) is 2. The summed E-state index contributed by atoms with van der Waals surface area (Å²) in [7, 11) is 0. The quantitative estimate of drug-likeness (QED) is 0.115. The minimum absolute atomic E-state index is 0.131. The Labute approximate surface area is 256 Å². The third kappa shape index (κ3) is 8.15. The Balaban J connectivity index is 1.40. The number of esters is 1. The van der Waals surface area contributed by atoms with Crippen LogP contribution in [0.15, 0.2) is 78.9 Å². The van der Waals surface area contributed by atoms with Gasteiger partial charge in [-0.25, -0.2) is 4.79 Å². The van der Waals surface area contributed by atoms with Crippen molar-refractivity contribution in [3.63, 3.8) is 0 Å². The van der Waals surface area contributed by atoms with Gasteiger partial charge in [0.2, 0.25) is 0 Å². The van der Waals surface area contributed by atoms with Crippen LogP contribution in [-0.2, 0) is 28.5 Å². The highest BCUT2D eigenvalue weighted by Crippen LogP contribution is 2.37. The standard InChI is InChI=1S/C32H27Cl2F3O4S/c1-2-40-31(39)26(16-8-20-6-4-3-5-7-20)41-25-17-12-22(29(33)30(25)34)11-15-24(38)28-19-18-27(42-28)21-9-13-23(14-10-21)32(35,36)37/h3-7,9-10,12-14,17-19,26H,2,8,11,15-16H2,1H3. The molecule has 4 rings (SSSR count). The van der Waals surface area contributed by atoms with E-state index in [4.69, 9.17) is 32.7 Å². The zero-order chi connectivity index (χ0) is 30.3. The highest BCUT2D eigenvalue weighted by Gasteiger charge is 2.30. The molecule has 0 bridgehead atoms. The zero-order valence-corrected chi connectivity index (χ0v) is 24.9. The lowest BCUT2D eigenvalue weighted by molar-refractivity contribution is -0.151. The van der Waals surface area contributed by atoms with Crippen molar-refractivity contribution in [2.24, 2.45) is 0 Å². The topological polar surface area (TPSA) is 52.6 Å². The van der Waals surface area contributed by atoms with Crippen LogP contribution < -0.4 is 4.74 Å². The van der Waals surface area contributed by atoms with Gasteiger partial charge in [0.05, 0.1) is 22.1 Å². The Morgan fingerprint density at radius 1 is 0.881 bits per heavy atom. The number of rotatable bonds is 12. The monoisotopic (exact) mass is 634 g/mol. The molecule has 1 unspecified atom stereocenters. The van der Waals surface area contributed by atoms with Gasteiger partial charge in [-0.05, 0) is 73.2 Å². The maximum atomic E-state index is 12.9. The first kappa shape index (κ1) is 31.6. The Hall–Kier alpha value is -3.33. The van der Waals surface area contributed by atoms with Gasteiger partial charge in [0.15, 0.2) is 11.9 Å². The molecule has 42 heavy (non-hydrogen) atoms. The highest BCUT2D eigenvalue weighted by atomic mass is 35.5. The molecule has 0 aliphatic heterocycles. The van der Waals surface area contributed by atoms with Crippen molar-refractivity contribution < 1.29 is 32.2 Å². The smallest absolute Gasteiger partial charge is 0.416 e. The van der Waals surface area contributed by atoms with Crippen molar-refractivity contribution in [2.75, 3.05) is 6.61 Å². The number of carbonyl (C=O) groups excluding carboxylic acids is 2. The molecular weight excluding hydrogens is 608 g/mol. The zero-order valence-electron chi connectivity index (χ0n) is 22.5. The van der Waals surface area contributed by atoms with Crippen molar-refractivity contribution in [1.29, 1.82) is 0 Å². The van der Waals surface area contributed by atoms with Crippen LogP contribution in [0.1, 0.15) is 46.1 Å². The minimum atomic E-state index is -4.41. The van der Waals surface area contributed by atoms with E-state index in [9.17, 15) is 22.8 Å². The van der Waals surface area contributed by atoms with Crippen molar-refractivity contribution >= 4 is 46.3 Å². The van der Waals surface area contributed by atoms with E-state index in [0.717, 1.165) is 17.7 Å². The molecule has 1 heterocycles. The highest BCUT2D eigenvalue weighted by molar-refractivity contribution is 7.17. The molecule has 0 radical (unpaired) electrons. The Morgan fingerprint density at radius 3 is 2.26 bits per heavy atom. The molecule has 0 amide bonds. The van der Waals surface area contributed by atoms with Gasteiger partial charge in [-0.2, -0.15) is 13.2 Å². The minimum Gasteiger partial charge on any atom is -0.477 e. The molecule has 220 valence electrons. The van der Waals surface area contributed by atoms with E-state index in [0.29, 0.717) is 40.1 Å². The summed E-state index contributed by atoms with van der Waals surface area (Å²) in [6.45, 7) is 1.93. The molecule has 1 aromatic heterocycles. The lowest BCUT2D eigenvalue weighted by atomic mass is 10.1. The van der Waals surface area contributed by atoms with E-state index in [1.807, 2.05) is 30.3 Å². The molecule has 0 saturated heterocycles. The maximum absolute atomic E-state index is 12.9. The second-order valence-corrected chi connectivity index (χ2v) is 11.2. The van der Waals surface area contributed by atoms with Crippen molar-refractivity contribution in [2.45, 2.75) is 44.9 Å². The van der Waals surface area contributed by atoms with E-state index in [1.54, 1.807) is 31.2 Å². The molecule has 0 aliphatic rings. The van der Waals surface area contributed by atoms with Crippen LogP contribution in [0.5, 0.6) is 5.75 Å². The Bertz CT molecular complexity index is 1520. The Morgan fingerprint density at radius 2 is 1.60 bits per heavy atom. The third-order valence-electron chi connectivity index (χ3n) is 6.48. The second kappa shape index (κ2) is 14.2. The van der Waals surface area contributed by atoms with Crippen LogP contribution in [0.4, 0.5) is 13.2 Å². The molecular formula is C32H27Cl2F3O4S. The number of Topliss-reactive ketones (excluding diaryl/α,β-unsaturated/α-hetero) is 1. The third-order valence-corrected chi connectivity index (χ3v) is 8.56. The van der Waals surface area contributed by atoms with Gasteiger partial charge < -0.3 is 9.47 Å². The number of hydrogen-bond donors (Lipinski definition) is 0. The number of carbonyl (C=O) groups is 2. The summed E-state index contributed by atoms with van der Waals surface area (Å²) in [4.78, 5) is 26.7. The van der Waals surface area contributed by atoms with Crippen LogP contribution >= 0.6 is 34.5 Å². The summed E-state index contributed by atoms with van der Waals surface area (Å²) < 4.78 is 49.7. The number of aryl methyl sites for hydroxylation is 2. The van der Waals surface area contributed by atoms with Crippen LogP contribution in [0.3, 0.4) is 0 Å². The average molecular weight is 636 g/mol. The molecule has 0 spiro atoms. The number of halogens is 5. The molecule has 0 fully saturated rings. The van der Waals surface area contributed by atoms with E-state index in [-0.39, 0.29) is 34.6 Å². The summed E-state index contributed by atoms with van der Waals surface area (Å²) in [5.41, 5.74) is 1.56. The number of ketones is 1. The first-order valence-corrected chi connectivity index (χ1v) is 14.8. The van der Waals surface area contributed by atoms with Crippen molar-refractivity contribution in [3.8, 4) is 16.2 Å². The van der Waals surface area contributed by atoms with E-state index >= 15 is 0 Å². The van der Waals surface area contributed by atoms with Crippen LogP contribution in [-0.4, -0.2) is 24.5 Å². The van der Waals surface area contributed by atoms with Gasteiger partial charge in [0.25, 0.3) is 0 Å². The molecule has 0 saturated carbocycles. The van der Waals surface area contributed by atoms with Crippen LogP contribution in [0.25, 0.3) is 10.4 Å². The van der Waals surface area contributed by atoms with E-state index in [1.165, 1.54) is 23.5 Å². The largest absolute Gasteiger partial charge is 0.477 e. The lowest BCUT2D eigenvalue weighted by Crippen LogP contribution is -2.30. The van der Waals surface area contributed by atoms with E-state index in [2.05, 4.69) is 0 Å². The first-order valence-electron chi connectivity index (χ1n) is 13.2. The van der Waals surface area contributed by atoms with E-state index < -0.39 is 23.8 Å². The number of alkyl halides is 3. The van der Waals surface area contributed by atoms with Crippen LogP contribution in [0, 0.1) is 0 Å². The predicted molar refractivity (Wildman–Crippen MR) is 160 cm³/mol. The molecule has 0 N–H and O–H groups in total. The number of hydrogen-bond acceptors (Lipinski definition) is 5. The molecule has 4 aromatic rings. The number of thiophene rings is 1. The number of benzene rings is 3. The maximum Gasteiger partial charge on any atom is 0.416 e. The average Bonchev–Trinajstić information content (AvgIpc) is 3.48. The first-order chi connectivity index (χ1) is 20.1. The fourth-order valence-electron chi connectivity index (χ4n) is 4.25. The summed E-state index contributed by atoms with van der Waals surface area (Å²) in [5.74, 6) is -0.391. The normalized spacial score (nSPS) is 12.1. The lowest BCUT2D eigenvalue weighted by Gasteiger charge is -2.19. The van der Waals surface area contributed by atoms with Gasteiger partial charge in [0.1, 0.15) is 10.8 Å². The molecule has 1 atom stereocenters. The predicted octanol–water partition coefficient (Wildman–Crippen LogP) is 9.50. The molecule has 4 nitrogen and oxygen atoms in total. The Kier molecular flexibility index (Phi) is 10.7. The van der Waals surface area contributed by atoms with Gasteiger partial charge in [-0.3, -0.25) is 4.79 Å². The van der Waals surface area contributed by atoms with Gasteiger partial charge in [-0.15, -0.1) is 11.3 Å². The second-order valence-electron chi connectivity index (χ2n) is 9.40.